The van der Waals surface area contributed by atoms with Crippen LogP contribution in [0.25, 0.3) is 10.9 Å². The predicted molar refractivity (Wildman–Crippen MR) is 159 cm³/mol. The summed E-state index contributed by atoms with van der Waals surface area (Å²) in [6, 6.07) is 18.3. The monoisotopic (exact) mass is 543 g/mol. The second-order valence-corrected chi connectivity index (χ2v) is 11.1. The fraction of sp³-hybridized carbons (Fsp3) is 0.452. The summed E-state index contributed by atoms with van der Waals surface area (Å²) in [5, 5.41) is 4.22. The molecule has 2 aliphatic heterocycles. The van der Waals surface area contributed by atoms with Gasteiger partial charge in [0.2, 0.25) is 11.8 Å². The highest BCUT2D eigenvalue weighted by Crippen LogP contribution is 2.27. The molecule has 1 aromatic heterocycles. The van der Waals surface area contributed by atoms with E-state index in [4.69, 9.17) is 11.5 Å². The zero-order chi connectivity index (χ0) is 27.9. The van der Waals surface area contributed by atoms with E-state index in [1.165, 1.54) is 5.56 Å². The van der Waals surface area contributed by atoms with E-state index in [-0.39, 0.29) is 23.8 Å². The number of nitrogens with one attached hydrogen (secondary N) is 2. The van der Waals surface area contributed by atoms with Crippen LogP contribution in [0.1, 0.15) is 43.2 Å². The molecule has 212 valence electrons. The number of carbonyl (C=O) groups is 2. The van der Waals surface area contributed by atoms with Gasteiger partial charge >= 0.3 is 0 Å². The van der Waals surface area contributed by atoms with Crippen molar-refractivity contribution in [3.05, 3.63) is 71.9 Å². The van der Waals surface area contributed by atoms with Crippen molar-refractivity contribution < 1.29 is 9.59 Å². The molecule has 9 heteroatoms. The van der Waals surface area contributed by atoms with Gasteiger partial charge in [0.25, 0.3) is 0 Å². The van der Waals surface area contributed by atoms with Gasteiger partial charge in [0.15, 0.2) is 5.96 Å². The smallest absolute Gasteiger partial charge is 0.245 e. The molecule has 2 aromatic carbocycles. The number of aromatic nitrogens is 1. The number of hydrogen-bond donors (Lipinski definition) is 4. The molecule has 0 bridgehead atoms. The summed E-state index contributed by atoms with van der Waals surface area (Å²) >= 11 is 0. The summed E-state index contributed by atoms with van der Waals surface area (Å²) in [6.45, 7) is 3.07. The van der Waals surface area contributed by atoms with E-state index in [1.807, 2.05) is 47.5 Å². The number of aliphatic imine (C=N–C) groups is 1. The lowest BCUT2D eigenvalue weighted by atomic mass is 9.98. The highest BCUT2D eigenvalue weighted by Gasteiger charge is 2.40. The van der Waals surface area contributed by atoms with Crippen LogP contribution in [0.5, 0.6) is 0 Å². The van der Waals surface area contributed by atoms with Gasteiger partial charge in [-0.1, -0.05) is 48.5 Å². The van der Waals surface area contributed by atoms with Gasteiger partial charge in [-0.05, 0) is 62.3 Å². The van der Waals surface area contributed by atoms with Gasteiger partial charge in [-0.3, -0.25) is 19.5 Å². The first-order chi connectivity index (χ1) is 19.5. The number of aromatic amines is 1. The van der Waals surface area contributed by atoms with Gasteiger partial charge in [0, 0.05) is 55.2 Å². The van der Waals surface area contributed by atoms with Crippen molar-refractivity contribution in [3.63, 3.8) is 0 Å². The molecule has 2 amide bonds. The number of nitrogens with two attached hydrogens (primary N) is 2. The average molecular weight is 544 g/mol. The maximum absolute atomic E-state index is 14.2. The van der Waals surface area contributed by atoms with E-state index in [1.54, 1.807) is 0 Å². The van der Waals surface area contributed by atoms with Gasteiger partial charge in [0.05, 0.1) is 0 Å². The van der Waals surface area contributed by atoms with E-state index >= 15 is 0 Å². The quantitative estimate of drug-likeness (QED) is 0.168. The molecule has 5 rings (SSSR count). The van der Waals surface area contributed by atoms with Crippen LogP contribution in [0.2, 0.25) is 0 Å². The normalized spacial score (nSPS) is 19.8. The van der Waals surface area contributed by atoms with E-state index in [2.05, 4.69) is 38.4 Å². The Morgan fingerprint density at radius 3 is 2.70 bits per heavy atom. The minimum Gasteiger partial charge on any atom is -0.370 e. The lowest BCUT2D eigenvalue weighted by Gasteiger charge is -2.45. The zero-order valence-electron chi connectivity index (χ0n) is 23.1. The maximum Gasteiger partial charge on any atom is 0.245 e. The number of benzene rings is 2. The molecule has 40 heavy (non-hydrogen) atoms. The minimum absolute atomic E-state index is 0.00220. The average Bonchev–Trinajstić information content (AvgIpc) is 3.59. The molecule has 0 radical (unpaired) electrons. The molecule has 9 nitrogen and oxygen atoms in total. The van der Waals surface area contributed by atoms with Crippen molar-refractivity contribution in [2.24, 2.45) is 16.5 Å². The number of aryl methyl sites for hydroxylation is 1. The third-order valence-electron chi connectivity index (χ3n) is 8.26. The third kappa shape index (κ3) is 6.83. The summed E-state index contributed by atoms with van der Waals surface area (Å²) in [5.74, 6) is -0.0897. The number of amides is 2. The van der Waals surface area contributed by atoms with Crippen LogP contribution >= 0.6 is 0 Å². The van der Waals surface area contributed by atoms with Gasteiger partial charge in [-0.15, -0.1) is 0 Å². The van der Waals surface area contributed by atoms with Crippen LogP contribution < -0.4 is 16.8 Å². The SMILES string of the molecule is NC(N)=NCCCC(NC(=O)CCc1c[nH]c2ccccc12)C(=O)N1CC2CCCN2CC1Cc1ccccc1. The zero-order valence-corrected chi connectivity index (χ0v) is 23.1. The van der Waals surface area contributed by atoms with Crippen molar-refractivity contribution >= 4 is 28.7 Å². The number of para-hydroxylation sites is 1. The second-order valence-electron chi connectivity index (χ2n) is 11.1. The summed E-state index contributed by atoms with van der Waals surface area (Å²) in [5.41, 5.74) is 14.4. The van der Waals surface area contributed by atoms with Gasteiger partial charge < -0.3 is 26.7 Å². The molecular formula is C31H41N7O2. The van der Waals surface area contributed by atoms with Crippen molar-refractivity contribution in [3.8, 4) is 0 Å². The molecule has 3 unspecified atom stereocenters. The van der Waals surface area contributed by atoms with Crippen molar-refractivity contribution in [2.45, 2.75) is 63.1 Å². The lowest BCUT2D eigenvalue weighted by molar-refractivity contribution is -0.142. The molecule has 3 atom stereocenters. The number of piperazine rings is 1. The molecule has 6 N–H and O–H groups in total. The van der Waals surface area contributed by atoms with Crippen molar-refractivity contribution in [2.75, 3.05) is 26.2 Å². The van der Waals surface area contributed by atoms with E-state index in [9.17, 15) is 9.59 Å². The molecule has 3 aromatic rings. The fourth-order valence-electron chi connectivity index (χ4n) is 6.23. The van der Waals surface area contributed by atoms with Gasteiger partial charge in [-0.25, -0.2) is 0 Å². The van der Waals surface area contributed by atoms with Gasteiger partial charge in [0.1, 0.15) is 6.04 Å². The highest BCUT2D eigenvalue weighted by atomic mass is 16.2. The Bertz CT molecular complexity index is 1320. The Balaban J connectivity index is 1.29. The van der Waals surface area contributed by atoms with E-state index < -0.39 is 6.04 Å². The van der Waals surface area contributed by atoms with E-state index in [0.717, 1.165) is 48.8 Å². The van der Waals surface area contributed by atoms with Crippen LogP contribution in [0.15, 0.2) is 65.8 Å². The Labute approximate surface area is 236 Å². The molecule has 0 spiro atoms. The van der Waals surface area contributed by atoms with Crippen LogP contribution in [-0.2, 0) is 22.4 Å². The molecule has 2 aliphatic rings. The summed E-state index contributed by atoms with van der Waals surface area (Å²) in [7, 11) is 0. The Hall–Kier alpha value is -3.85. The molecule has 0 aliphatic carbocycles. The highest BCUT2D eigenvalue weighted by molar-refractivity contribution is 5.89. The second kappa shape index (κ2) is 13.0. The molecule has 0 saturated carbocycles. The first kappa shape index (κ1) is 27.7. The van der Waals surface area contributed by atoms with Crippen LogP contribution in [0, 0.1) is 0 Å². The molecule has 2 fully saturated rings. The van der Waals surface area contributed by atoms with Crippen LogP contribution in [0.3, 0.4) is 0 Å². The Morgan fingerprint density at radius 2 is 1.88 bits per heavy atom. The standard InChI is InChI=1S/C31H41N7O2/c32-31(33)34-16-6-13-28(36-29(39)15-14-23-19-35-27-12-5-4-11-26(23)27)30(40)38-21-24-10-7-17-37(24)20-25(38)18-22-8-2-1-3-9-22/h1-5,8-9,11-12,19,24-25,28,35H,6-7,10,13-18,20-21H2,(H,36,39)(H4,32,33,34). The Morgan fingerprint density at radius 1 is 1.07 bits per heavy atom. The fourth-order valence-corrected chi connectivity index (χ4v) is 6.23. The summed E-state index contributed by atoms with van der Waals surface area (Å²) in [6.07, 6.45) is 7.02. The molecule has 2 saturated heterocycles. The largest absolute Gasteiger partial charge is 0.370 e. The number of fused-ring (bicyclic) bond motifs is 2. The predicted octanol–water partition coefficient (Wildman–Crippen LogP) is 2.56. The lowest BCUT2D eigenvalue weighted by Crippen LogP contribution is -2.62. The van der Waals surface area contributed by atoms with Crippen molar-refractivity contribution in [1.29, 1.82) is 0 Å². The minimum atomic E-state index is -0.615. The van der Waals surface area contributed by atoms with Gasteiger partial charge in [-0.2, -0.15) is 0 Å². The van der Waals surface area contributed by atoms with E-state index in [0.29, 0.717) is 44.8 Å². The van der Waals surface area contributed by atoms with Crippen LogP contribution in [-0.4, -0.2) is 76.9 Å². The number of nitrogens with zero attached hydrogens (tertiary/aromatic N) is 3. The van der Waals surface area contributed by atoms with Crippen molar-refractivity contribution in [1.82, 2.24) is 20.1 Å². The molecule has 3 heterocycles. The Kier molecular flexibility index (Phi) is 9.01. The number of carbonyl (C=O) groups excluding carboxylic acids is 2. The summed E-state index contributed by atoms with van der Waals surface area (Å²) < 4.78 is 0. The first-order valence-corrected chi connectivity index (χ1v) is 14.5. The topological polar surface area (TPSA) is 133 Å². The first-order valence-electron chi connectivity index (χ1n) is 14.5. The number of rotatable bonds is 11. The van der Waals surface area contributed by atoms with Crippen LogP contribution in [0.4, 0.5) is 0 Å². The maximum atomic E-state index is 14.2. The number of H-pyrrole nitrogens is 1. The third-order valence-corrected chi connectivity index (χ3v) is 8.26. The number of guanidine groups is 1. The number of hydrogen-bond acceptors (Lipinski definition) is 4. The molecular weight excluding hydrogens is 502 g/mol. The summed E-state index contributed by atoms with van der Waals surface area (Å²) in [4.78, 5) is 39.3.